The zero-order chi connectivity index (χ0) is 23.5. The highest BCUT2D eigenvalue weighted by Crippen LogP contribution is 2.50. The quantitative estimate of drug-likeness (QED) is 0.467. The molecule has 0 radical (unpaired) electrons. The van der Waals surface area contributed by atoms with Gasteiger partial charge in [-0.15, -0.1) is 0 Å². The van der Waals surface area contributed by atoms with Crippen molar-refractivity contribution in [1.82, 2.24) is 4.98 Å². The normalized spacial score (nSPS) is 23.2. The van der Waals surface area contributed by atoms with Crippen molar-refractivity contribution < 1.29 is 28.6 Å². The minimum atomic E-state index is -0.803. The molecule has 0 saturated carbocycles. The molecular weight excluding hydrogens is 434 g/mol. The second-order valence-corrected chi connectivity index (χ2v) is 8.98. The average Bonchev–Trinajstić information content (AvgIpc) is 3.59. The number of hydrogen-bond donors (Lipinski definition) is 1. The first-order valence-corrected chi connectivity index (χ1v) is 11.7. The van der Waals surface area contributed by atoms with Gasteiger partial charge >= 0.3 is 11.9 Å². The molecule has 2 aliphatic heterocycles. The second kappa shape index (κ2) is 9.81. The fraction of sp³-hybridized carbons (Fsp3) is 0.370. The number of carboxylic acids is 1. The van der Waals surface area contributed by atoms with E-state index in [1.165, 1.54) is 6.26 Å². The van der Waals surface area contributed by atoms with E-state index in [-0.39, 0.29) is 42.8 Å². The maximum absolute atomic E-state index is 12.5. The van der Waals surface area contributed by atoms with Gasteiger partial charge in [0.1, 0.15) is 12.9 Å². The highest BCUT2D eigenvalue weighted by molar-refractivity contribution is 5.86. The molecule has 5 rings (SSSR count). The zero-order valence-corrected chi connectivity index (χ0v) is 18.8. The van der Waals surface area contributed by atoms with Crippen LogP contribution in [0.2, 0.25) is 0 Å². The number of carboxylic acid groups (broad SMARTS) is 1. The van der Waals surface area contributed by atoms with Crippen molar-refractivity contribution in [1.29, 1.82) is 0 Å². The van der Waals surface area contributed by atoms with Gasteiger partial charge in [0, 0.05) is 12.3 Å². The molecule has 3 heterocycles. The van der Waals surface area contributed by atoms with Crippen LogP contribution in [-0.4, -0.2) is 34.2 Å². The molecule has 2 saturated heterocycles. The largest absolute Gasteiger partial charge is 0.481 e. The minimum Gasteiger partial charge on any atom is -0.481 e. The third-order valence-electron chi connectivity index (χ3n) is 6.84. The van der Waals surface area contributed by atoms with Crippen molar-refractivity contribution in [2.45, 2.75) is 56.8 Å². The number of nitrogens with zero attached hydrogens (tertiary/aromatic N) is 1. The highest BCUT2D eigenvalue weighted by Gasteiger charge is 2.51. The molecule has 2 fully saturated rings. The number of aromatic nitrogens is 1. The number of carbonyl (C=O) groups excluding carboxylic acids is 1. The van der Waals surface area contributed by atoms with E-state index in [2.05, 4.69) is 11.1 Å². The SMILES string of the molecule is O=C(O)CCc1ccccc1CC1C2CCC(O2)C1c1nc(C(=O)OCc2ccccc2)co1. The molecular formula is C27H27NO6. The zero-order valence-electron chi connectivity index (χ0n) is 18.8. The molecule has 2 aliphatic rings. The monoisotopic (exact) mass is 461 g/mol. The molecule has 0 amide bonds. The molecule has 2 aromatic carbocycles. The molecule has 1 N–H and O–H groups in total. The summed E-state index contributed by atoms with van der Waals surface area (Å²) < 4.78 is 17.4. The molecule has 4 atom stereocenters. The van der Waals surface area contributed by atoms with Gasteiger partial charge in [0.05, 0.1) is 18.1 Å². The molecule has 2 bridgehead atoms. The fourth-order valence-corrected chi connectivity index (χ4v) is 5.20. The number of fused-ring (bicyclic) bond motifs is 2. The van der Waals surface area contributed by atoms with Crippen molar-refractivity contribution in [2.75, 3.05) is 0 Å². The number of ether oxygens (including phenoxy) is 2. The smallest absolute Gasteiger partial charge is 0.360 e. The van der Waals surface area contributed by atoms with E-state index in [4.69, 9.17) is 19.0 Å². The molecule has 34 heavy (non-hydrogen) atoms. The molecule has 7 nitrogen and oxygen atoms in total. The summed E-state index contributed by atoms with van der Waals surface area (Å²) in [6.07, 6.45) is 4.73. The first-order chi connectivity index (χ1) is 16.6. The topological polar surface area (TPSA) is 98.9 Å². The van der Waals surface area contributed by atoms with Crippen molar-refractivity contribution in [3.63, 3.8) is 0 Å². The molecule has 3 aromatic rings. The molecule has 0 spiro atoms. The van der Waals surface area contributed by atoms with Gasteiger partial charge < -0.3 is 19.0 Å². The van der Waals surface area contributed by atoms with Crippen LogP contribution in [0.1, 0.15) is 58.2 Å². The Morgan fingerprint density at radius 1 is 1.00 bits per heavy atom. The summed E-state index contributed by atoms with van der Waals surface area (Å²) in [6.45, 7) is 0.175. The fourth-order valence-electron chi connectivity index (χ4n) is 5.20. The lowest BCUT2D eigenvalue weighted by Crippen LogP contribution is -2.28. The van der Waals surface area contributed by atoms with Crippen LogP contribution in [0, 0.1) is 5.92 Å². The Bertz CT molecular complexity index is 1160. The van der Waals surface area contributed by atoms with Crippen molar-refractivity contribution >= 4 is 11.9 Å². The van der Waals surface area contributed by atoms with Gasteiger partial charge in [-0.2, -0.15) is 0 Å². The predicted octanol–water partition coefficient (Wildman–Crippen LogP) is 4.55. The van der Waals surface area contributed by atoms with Gasteiger partial charge in [0.2, 0.25) is 5.89 Å². The van der Waals surface area contributed by atoms with Gasteiger partial charge in [-0.05, 0) is 42.4 Å². The van der Waals surface area contributed by atoms with Crippen LogP contribution in [0.15, 0.2) is 65.3 Å². The van der Waals surface area contributed by atoms with E-state index in [0.717, 1.165) is 36.0 Å². The number of hydrogen-bond acceptors (Lipinski definition) is 6. The van der Waals surface area contributed by atoms with E-state index >= 15 is 0 Å². The Morgan fingerprint density at radius 3 is 2.53 bits per heavy atom. The number of carbonyl (C=O) groups is 2. The summed E-state index contributed by atoms with van der Waals surface area (Å²) in [5.41, 5.74) is 3.24. The van der Waals surface area contributed by atoms with Gasteiger partial charge in [-0.1, -0.05) is 54.6 Å². The highest BCUT2D eigenvalue weighted by atomic mass is 16.5. The number of oxazole rings is 1. The molecule has 0 aliphatic carbocycles. The van der Waals surface area contributed by atoms with E-state index in [1.54, 1.807) is 0 Å². The van der Waals surface area contributed by atoms with Crippen molar-refractivity contribution in [3.8, 4) is 0 Å². The van der Waals surface area contributed by atoms with Crippen LogP contribution in [0.5, 0.6) is 0 Å². The van der Waals surface area contributed by atoms with Gasteiger partial charge in [0.25, 0.3) is 0 Å². The van der Waals surface area contributed by atoms with Crippen molar-refractivity contribution in [3.05, 3.63) is 89.1 Å². The third-order valence-corrected chi connectivity index (χ3v) is 6.84. The number of aryl methyl sites for hydroxylation is 1. The van der Waals surface area contributed by atoms with Gasteiger partial charge in [0.15, 0.2) is 5.69 Å². The Balaban J connectivity index is 1.30. The average molecular weight is 462 g/mol. The molecule has 7 heteroatoms. The number of esters is 1. The summed E-state index contributed by atoms with van der Waals surface area (Å²) in [5.74, 6) is -0.716. The van der Waals surface area contributed by atoms with E-state index < -0.39 is 11.9 Å². The Hall–Kier alpha value is -3.45. The summed E-state index contributed by atoms with van der Waals surface area (Å²) in [5, 5.41) is 9.10. The van der Waals surface area contributed by atoms with Crippen LogP contribution in [-0.2, 0) is 33.7 Å². The first-order valence-electron chi connectivity index (χ1n) is 11.7. The van der Waals surface area contributed by atoms with Crippen molar-refractivity contribution in [2.24, 2.45) is 5.92 Å². The van der Waals surface area contributed by atoms with Crippen LogP contribution >= 0.6 is 0 Å². The Morgan fingerprint density at radius 2 is 1.74 bits per heavy atom. The maximum Gasteiger partial charge on any atom is 0.360 e. The first kappa shape index (κ1) is 22.3. The standard InChI is InChI=1S/C27H27NO6/c29-24(30)13-10-18-8-4-5-9-19(18)14-20-22-11-12-23(34-22)25(20)26-28-21(16-32-26)27(31)33-15-17-6-2-1-3-7-17/h1-9,16,20,22-23,25H,10-15H2,(H,29,30). The lowest BCUT2D eigenvalue weighted by molar-refractivity contribution is -0.136. The summed E-state index contributed by atoms with van der Waals surface area (Å²) in [7, 11) is 0. The predicted molar refractivity (Wildman–Crippen MR) is 122 cm³/mol. The molecule has 1 aromatic heterocycles. The maximum atomic E-state index is 12.5. The molecule has 4 unspecified atom stereocenters. The minimum absolute atomic E-state index is 0.00743. The third kappa shape index (κ3) is 4.75. The number of benzene rings is 2. The van der Waals surface area contributed by atoms with Crippen LogP contribution in [0.3, 0.4) is 0 Å². The van der Waals surface area contributed by atoms with Gasteiger partial charge in [-0.25, -0.2) is 9.78 Å². The van der Waals surface area contributed by atoms with Crippen LogP contribution in [0.4, 0.5) is 0 Å². The lowest BCUT2D eigenvalue weighted by Gasteiger charge is -2.26. The second-order valence-electron chi connectivity index (χ2n) is 8.98. The summed E-state index contributed by atoms with van der Waals surface area (Å²) >= 11 is 0. The lowest BCUT2D eigenvalue weighted by atomic mass is 9.75. The Kier molecular flexibility index (Phi) is 6.45. The van der Waals surface area contributed by atoms with Gasteiger partial charge in [-0.3, -0.25) is 4.79 Å². The summed E-state index contributed by atoms with van der Waals surface area (Å²) in [6, 6.07) is 17.5. The van der Waals surface area contributed by atoms with Crippen LogP contribution in [0.25, 0.3) is 0 Å². The van der Waals surface area contributed by atoms with E-state index in [1.807, 2.05) is 48.5 Å². The number of rotatable bonds is 9. The summed E-state index contributed by atoms with van der Waals surface area (Å²) in [4.78, 5) is 28.1. The molecule has 176 valence electrons. The van der Waals surface area contributed by atoms with Crippen LogP contribution < -0.4 is 0 Å². The Labute approximate surface area is 197 Å². The number of aliphatic carboxylic acids is 1. The van der Waals surface area contributed by atoms with E-state index in [9.17, 15) is 9.59 Å². The van der Waals surface area contributed by atoms with E-state index in [0.29, 0.717) is 12.3 Å².